The van der Waals surface area contributed by atoms with E-state index < -0.39 is 36.2 Å². The minimum atomic E-state index is -0.745. The summed E-state index contributed by atoms with van der Waals surface area (Å²) in [5, 5.41) is 6.15. The molecule has 1 aromatic heterocycles. The molecule has 0 aliphatic carbocycles. The van der Waals surface area contributed by atoms with E-state index in [2.05, 4.69) is 15.6 Å². The van der Waals surface area contributed by atoms with Crippen LogP contribution >= 0.6 is 0 Å². The summed E-state index contributed by atoms with van der Waals surface area (Å²) >= 11 is 0. The Bertz CT molecular complexity index is 1120. The lowest BCUT2D eigenvalue weighted by molar-refractivity contribution is -0.130. The molecule has 1 atom stereocenters. The minimum absolute atomic E-state index is 0.303. The third-order valence-corrected chi connectivity index (χ3v) is 4.98. The monoisotopic (exact) mass is 394 g/mol. The van der Waals surface area contributed by atoms with Crippen molar-refractivity contribution in [3.63, 3.8) is 0 Å². The zero-order valence-electron chi connectivity index (χ0n) is 15.7. The van der Waals surface area contributed by atoms with Gasteiger partial charge in [-0.2, -0.15) is 0 Å². The molecule has 3 aromatic rings. The molecule has 0 unspecified atom stereocenters. The fourth-order valence-corrected chi connectivity index (χ4v) is 3.45. The van der Waals surface area contributed by atoms with E-state index in [1.807, 2.05) is 30.5 Å². The molecule has 2 heterocycles. The van der Waals surface area contributed by atoms with Crippen molar-refractivity contribution >= 4 is 34.4 Å². The number of aromatic amines is 1. The number of aromatic nitrogens is 1. The van der Waals surface area contributed by atoms with E-state index in [1.54, 1.807) is 6.92 Å². The third-order valence-electron chi connectivity index (χ3n) is 4.98. The second-order valence-electron chi connectivity index (χ2n) is 7.00. The van der Waals surface area contributed by atoms with E-state index in [0.29, 0.717) is 17.7 Å². The smallest absolute Gasteiger partial charge is 0.325 e. The number of benzene rings is 2. The van der Waals surface area contributed by atoms with Gasteiger partial charge in [0.25, 0.3) is 5.91 Å². The Hall–Kier alpha value is -3.68. The number of fused-ring (bicyclic) bond motifs is 1. The van der Waals surface area contributed by atoms with Gasteiger partial charge in [0.05, 0.1) is 0 Å². The van der Waals surface area contributed by atoms with Gasteiger partial charge in [-0.25, -0.2) is 9.18 Å². The molecule has 1 aliphatic rings. The van der Waals surface area contributed by atoms with Gasteiger partial charge in [-0.15, -0.1) is 0 Å². The molecule has 0 spiro atoms. The molecule has 7 nitrogen and oxygen atoms in total. The molecule has 148 valence electrons. The van der Waals surface area contributed by atoms with Crippen LogP contribution in [0.3, 0.4) is 0 Å². The number of para-hydroxylation sites is 1. The van der Waals surface area contributed by atoms with Crippen molar-refractivity contribution in [1.29, 1.82) is 0 Å². The Morgan fingerprint density at radius 3 is 2.83 bits per heavy atom. The summed E-state index contributed by atoms with van der Waals surface area (Å²) in [7, 11) is 0. The molecule has 1 saturated heterocycles. The predicted octanol–water partition coefficient (Wildman–Crippen LogP) is 2.72. The lowest BCUT2D eigenvalue weighted by Crippen LogP contribution is -2.38. The van der Waals surface area contributed by atoms with Crippen molar-refractivity contribution in [3.05, 3.63) is 65.6 Å². The molecule has 8 heteroatoms. The fraction of sp³-hybridized carbons (Fsp3) is 0.190. The Kier molecular flexibility index (Phi) is 4.75. The highest BCUT2D eigenvalue weighted by molar-refractivity contribution is 6.08. The van der Waals surface area contributed by atoms with Gasteiger partial charge in [-0.3, -0.25) is 14.5 Å². The lowest BCUT2D eigenvalue weighted by Gasteiger charge is -2.14. The molecular weight excluding hydrogens is 375 g/mol. The van der Waals surface area contributed by atoms with E-state index >= 15 is 0 Å². The highest BCUT2D eigenvalue weighted by atomic mass is 19.1. The molecule has 29 heavy (non-hydrogen) atoms. The van der Waals surface area contributed by atoms with Crippen LogP contribution in [0.25, 0.3) is 10.9 Å². The van der Waals surface area contributed by atoms with Crippen LogP contribution in [0.5, 0.6) is 0 Å². The summed E-state index contributed by atoms with van der Waals surface area (Å²) in [6.07, 6.45) is 2.13. The first kappa shape index (κ1) is 18.7. The summed E-state index contributed by atoms with van der Waals surface area (Å²) in [6.45, 7) is 1.28. The number of hydrogen-bond donors (Lipinski definition) is 3. The van der Waals surface area contributed by atoms with E-state index in [9.17, 15) is 18.8 Å². The molecule has 4 rings (SSSR count). The van der Waals surface area contributed by atoms with Crippen LogP contribution in [0.2, 0.25) is 0 Å². The van der Waals surface area contributed by atoms with Gasteiger partial charge in [0, 0.05) is 29.2 Å². The number of H-pyrrole nitrogens is 1. The van der Waals surface area contributed by atoms with Gasteiger partial charge in [0.1, 0.15) is 18.4 Å². The second kappa shape index (κ2) is 7.38. The van der Waals surface area contributed by atoms with E-state index in [0.717, 1.165) is 21.4 Å². The van der Waals surface area contributed by atoms with Crippen LogP contribution in [0.4, 0.5) is 14.9 Å². The minimum Gasteiger partial charge on any atom is -0.361 e. The molecule has 0 bridgehead atoms. The maximum Gasteiger partial charge on any atom is 0.325 e. The topological polar surface area (TPSA) is 94.3 Å². The van der Waals surface area contributed by atoms with Gasteiger partial charge in [0.15, 0.2) is 0 Å². The van der Waals surface area contributed by atoms with E-state index in [1.165, 1.54) is 18.2 Å². The summed E-state index contributed by atoms with van der Waals surface area (Å²) in [6, 6.07) is 10.3. The van der Waals surface area contributed by atoms with Crippen molar-refractivity contribution in [2.75, 3.05) is 11.9 Å². The number of aryl methyl sites for hydroxylation is 1. The van der Waals surface area contributed by atoms with Crippen molar-refractivity contribution in [2.45, 2.75) is 19.4 Å². The summed E-state index contributed by atoms with van der Waals surface area (Å²) in [5.41, 5.74) is 2.83. The molecule has 3 N–H and O–H groups in total. The zero-order valence-corrected chi connectivity index (χ0v) is 15.7. The number of halogens is 1. The average molecular weight is 394 g/mol. The summed E-state index contributed by atoms with van der Waals surface area (Å²) in [4.78, 5) is 41.2. The Morgan fingerprint density at radius 1 is 1.21 bits per heavy atom. The van der Waals surface area contributed by atoms with Gasteiger partial charge < -0.3 is 15.6 Å². The summed E-state index contributed by atoms with van der Waals surface area (Å²) in [5.74, 6) is -1.53. The van der Waals surface area contributed by atoms with Crippen molar-refractivity contribution in [1.82, 2.24) is 15.2 Å². The van der Waals surface area contributed by atoms with Crippen LogP contribution in [-0.4, -0.2) is 40.3 Å². The number of anilines is 1. The molecular formula is C21H19FN4O3. The van der Waals surface area contributed by atoms with Crippen LogP contribution in [0.1, 0.15) is 11.1 Å². The quantitative estimate of drug-likeness (QED) is 0.581. The largest absolute Gasteiger partial charge is 0.361 e. The third kappa shape index (κ3) is 3.69. The average Bonchev–Trinajstić information content (AvgIpc) is 3.21. The van der Waals surface area contributed by atoms with Gasteiger partial charge in [-0.1, -0.05) is 24.3 Å². The number of carbonyl (C=O) groups excluding carboxylic acids is 3. The Balaban J connectivity index is 1.44. The number of urea groups is 1. The number of amides is 4. The molecule has 0 saturated carbocycles. The lowest BCUT2D eigenvalue weighted by atomic mass is 10.1. The van der Waals surface area contributed by atoms with Crippen molar-refractivity contribution in [2.24, 2.45) is 0 Å². The van der Waals surface area contributed by atoms with Crippen molar-refractivity contribution in [3.8, 4) is 0 Å². The SMILES string of the molecule is Cc1ccc(F)cc1NC(=O)CN1C(=O)N[C@@H](Cc2c[nH]c3ccccc23)C1=O. The summed E-state index contributed by atoms with van der Waals surface area (Å²) < 4.78 is 13.4. The number of imide groups is 1. The fourth-order valence-electron chi connectivity index (χ4n) is 3.45. The van der Waals surface area contributed by atoms with Crippen LogP contribution in [0.15, 0.2) is 48.7 Å². The molecule has 1 fully saturated rings. The molecule has 4 amide bonds. The highest BCUT2D eigenvalue weighted by Gasteiger charge is 2.39. The number of rotatable bonds is 5. The molecule has 0 radical (unpaired) electrons. The standard InChI is InChI=1S/C21H19FN4O3/c1-12-6-7-14(22)9-17(12)24-19(27)11-26-20(28)18(25-21(26)29)8-13-10-23-16-5-3-2-4-15(13)16/h2-7,9-10,18,23H,8,11H2,1H3,(H,24,27)(H,25,29)/t18-/m0/s1. The number of nitrogens with zero attached hydrogens (tertiary/aromatic N) is 1. The van der Waals surface area contributed by atoms with Gasteiger partial charge in [-0.05, 0) is 36.2 Å². The van der Waals surface area contributed by atoms with Crippen LogP contribution < -0.4 is 10.6 Å². The maximum absolute atomic E-state index is 13.4. The predicted molar refractivity (Wildman–Crippen MR) is 106 cm³/mol. The van der Waals surface area contributed by atoms with Crippen LogP contribution in [-0.2, 0) is 16.0 Å². The number of nitrogens with one attached hydrogen (secondary N) is 3. The van der Waals surface area contributed by atoms with E-state index in [4.69, 9.17) is 0 Å². The Morgan fingerprint density at radius 2 is 2.00 bits per heavy atom. The van der Waals surface area contributed by atoms with Gasteiger partial charge >= 0.3 is 6.03 Å². The van der Waals surface area contributed by atoms with Crippen molar-refractivity contribution < 1.29 is 18.8 Å². The maximum atomic E-state index is 13.4. The first-order valence-corrected chi connectivity index (χ1v) is 9.15. The number of carbonyl (C=O) groups is 3. The number of hydrogen-bond acceptors (Lipinski definition) is 3. The molecule has 2 aromatic carbocycles. The van der Waals surface area contributed by atoms with Gasteiger partial charge in [0.2, 0.25) is 5.91 Å². The highest BCUT2D eigenvalue weighted by Crippen LogP contribution is 2.21. The van der Waals surface area contributed by atoms with E-state index in [-0.39, 0.29) is 0 Å². The van der Waals surface area contributed by atoms with Crippen LogP contribution in [0, 0.1) is 12.7 Å². The normalized spacial score (nSPS) is 16.3. The first-order valence-electron chi connectivity index (χ1n) is 9.15. The second-order valence-corrected chi connectivity index (χ2v) is 7.00. The first-order chi connectivity index (χ1) is 13.9. The zero-order chi connectivity index (χ0) is 20.5. The molecule has 1 aliphatic heterocycles. The Labute approximate surface area is 165 Å².